The van der Waals surface area contributed by atoms with Crippen molar-refractivity contribution in [3.05, 3.63) is 0 Å². The molecule has 1 fully saturated rings. The van der Waals surface area contributed by atoms with Gasteiger partial charge in [0.05, 0.1) is 0 Å². The molecule has 1 aliphatic rings. The molecule has 0 atom stereocenters. The summed E-state index contributed by atoms with van der Waals surface area (Å²) in [6.45, 7) is 1.72. The Morgan fingerprint density at radius 2 is 2.11 bits per heavy atom. The average Bonchev–Trinajstić information content (AvgIpc) is 2.34. The first-order valence-corrected chi connectivity index (χ1v) is 5.86. The summed E-state index contributed by atoms with van der Waals surface area (Å²) in [6.07, 6.45) is 0. The molecule has 0 aliphatic carbocycles. The number of hydrogen-bond donors (Lipinski definition) is 1. The number of aliphatic hydroxyl groups is 1. The molecule has 4 nitrogen and oxygen atoms in total. The zero-order chi connectivity index (χ0) is 6.53. The molecule has 9 heavy (non-hydrogen) atoms. The standard InChI is InChI=1S/C2H5O2.C2H4O2.Sb/c2*3-1-2-4;/h3H,1-2H2;1-2H2;/q-1;-2;+3. The van der Waals surface area contributed by atoms with Crippen LogP contribution >= 0.6 is 0 Å². The van der Waals surface area contributed by atoms with Crippen LogP contribution in [0.5, 0.6) is 0 Å². The van der Waals surface area contributed by atoms with Crippen molar-refractivity contribution in [1.29, 1.82) is 0 Å². The molecular formula is C4H9O4Sb. The third kappa shape index (κ3) is 2.82. The Morgan fingerprint density at radius 3 is 2.67 bits per heavy atom. The maximum absolute atomic E-state index is 8.32. The normalized spacial score (nSPS) is 21.0. The van der Waals surface area contributed by atoms with Crippen molar-refractivity contribution in [1.82, 2.24) is 0 Å². The van der Waals surface area contributed by atoms with E-state index in [1.54, 1.807) is 0 Å². The van der Waals surface area contributed by atoms with Crippen molar-refractivity contribution in [2.75, 3.05) is 26.4 Å². The molecule has 54 valence electrons. The van der Waals surface area contributed by atoms with Crippen LogP contribution in [0.3, 0.4) is 0 Å². The molecule has 1 aliphatic heterocycles. The first kappa shape index (κ1) is 7.76. The Bertz CT molecular complexity index is 73.0. The van der Waals surface area contributed by atoms with Crippen molar-refractivity contribution in [3.8, 4) is 0 Å². The predicted octanol–water partition coefficient (Wildman–Crippen LogP) is -0.973. The molecule has 0 aromatic rings. The van der Waals surface area contributed by atoms with Gasteiger partial charge >= 0.3 is 62.1 Å². The topological polar surface area (TPSA) is 47.9 Å². The zero-order valence-corrected chi connectivity index (χ0v) is 7.50. The summed E-state index contributed by atoms with van der Waals surface area (Å²) in [6, 6.07) is 0. The number of rotatable bonds is 3. The molecular weight excluding hydrogens is 234 g/mol. The number of hydrogen-bond acceptors (Lipinski definition) is 4. The van der Waals surface area contributed by atoms with Crippen molar-refractivity contribution in [3.63, 3.8) is 0 Å². The van der Waals surface area contributed by atoms with E-state index in [9.17, 15) is 0 Å². The van der Waals surface area contributed by atoms with Gasteiger partial charge < -0.3 is 0 Å². The monoisotopic (exact) mass is 242 g/mol. The van der Waals surface area contributed by atoms with E-state index in [0.717, 1.165) is 0 Å². The second kappa shape index (κ2) is 4.47. The van der Waals surface area contributed by atoms with Gasteiger partial charge in [0.15, 0.2) is 0 Å². The van der Waals surface area contributed by atoms with Crippen LogP contribution in [0.25, 0.3) is 0 Å². The fraction of sp³-hybridized carbons (Fsp3) is 1.00. The summed E-state index contributed by atoms with van der Waals surface area (Å²) in [5.74, 6) is 0. The third-order valence-corrected chi connectivity index (χ3v) is 4.13. The summed E-state index contributed by atoms with van der Waals surface area (Å²) >= 11 is -2.15. The van der Waals surface area contributed by atoms with Gasteiger partial charge in [0, 0.05) is 0 Å². The quantitative estimate of drug-likeness (QED) is 0.647. The Labute approximate surface area is 62.4 Å². The molecule has 1 heterocycles. The molecule has 5 heteroatoms. The van der Waals surface area contributed by atoms with Crippen LogP contribution in [-0.2, 0) is 9.05 Å². The molecule has 0 aromatic carbocycles. The SMILES string of the molecule is OCC[O][Sb]1[O]CC[O]1. The molecule has 0 amide bonds. The Kier molecular flexibility index (Phi) is 3.86. The molecule has 0 radical (unpaired) electrons. The molecule has 0 saturated carbocycles. The van der Waals surface area contributed by atoms with Crippen molar-refractivity contribution >= 4 is 21.5 Å². The summed E-state index contributed by atoms with van der Waals surface area (Å²) < 4.78 is 15.2. The molecule has 0 spiro atoms. The molecule has 0 unspecified atom stereocenters. The first-order chi connectivity index (χ1) is 4.43. The summed E-state index contributed by atoms with van der Waals surface area (Å²) in [4.78, 5) is 0. The molecule has 0 aromatic heterocycles. The van der Waals surface area contributed by atoms with Crippen molar-refractivity contribution in [2.45, 2.75) is 0 Å². The van der Waals surface area contributed by atoms with Gasteiger partial charge in [0.1, 0.15) is 0 Å². The second-order valence-electron chi connectivity index (χ2n) is 1.45. The van der Waals surface area contributed by atoms with E-state index in [1.807, 2.05) is 0 Å². The fourth-order valence-corrected chi connectivity index (χ4v) is 3.02. The van der Waals surface area contributed by atoms with Gasteiger partial charge in [0.2, 0.25) is 0 Å². The van der Waals surface area contributed by atoms with Crippen LogP contribution in [0.2, 0.25) is 0 Å². The van der Waals surface area contributed by atoms with Crippen LogP contribution in [0, 0.1) is 0 Å². The van der Waals surface area contributed by atoms with Crippen LogP contribution in [0.15, 0.2) is 0 Å². The third-order valence-electron chi connectivity index (χ3n) is 0.765. The molecule has 1 rings (SSSR count). The van der Waals surface area contributed by atoms with Gasteiger partial charge in [-0.3, -0.25) is 0 Å². The van der Waals surface area contributed by atoms with E-state index in [-0.39, 0.29) is 6.61 Å². The van der Waals surface area contributed by atoms with Gasteiger partial charge in [-0.05, 0) is 0 Å². The average molecular weight is 243 g/mol. The van der Waals surface area contributed by atoms with E-state index in [0.29, 0.717) is 19.8 Å². The zero-order valence-electron chi connectivity index (χ0n) is 4.95. The van der Waals surface area contributed by atoms with E-state index in [4.69, 9.17) is 14.2 Å². The van der Waals surface area contributed by atoms with Crippen LogP contribution in [0.4, 0.5) is 0 Å². The molecule has 1 saturated heterocycles. The fourth-order valence-electron chi connectivity index (χ4n) is 0.451. The van der Waals surface area contributed by atoms with E-state index in [1.165, 1.54) is 0 Å². The van der Waals surface area contributed by atoms with Gasteiger partial charge in [-0.15, -0.1) is 0 Å². The van der Waals surface area contributed by atoms with Crippen LogP contribution < -0.4 is 0 Å². The predicted molar refractivity (Wildman–Crippen MR) is 30.7 cm³/mol. The Morgan fingerprint density at radius 1 is 1.44 bits per heavy atom. The van der Waals surface area contributed by atoms with Gasteiger partial charge in [-0.2, -0.15) is 0 Å². The second-order valence-corrected chi connectivity index (χ2v) is 4.93. The van der Waals surface area contributed by atoms with Crippen LogP contribution in [-0.4, -0.2) is 53.0 Å². The van der Waals surface area contributed by atoms with E-state index >= 15 is 0 Å². The minimum absolute atomic E-state index is 0.0490. The van der Waals surface area contributed by atoms with Gasteiger partial charge in [0.25, 0.3) is 0 Å². The Balaban J connectivity index is 1.98. The van der Waals surface area contributed by atoms with Gasteiger partial charge in [-0.25, -0.2) is 0 Å². The van der Waals surface area contributed by atoms with Crippen molar-refractivity contribution in [2.24, 2.45) is 0 Å². The summed E-state index contributed by atoms with van der Waals surface area (Å²) in [5, 5.41) is 8.32. The van der Waals surface area contributed by atoms with Gasteiger partial charge in [-0.1, -0.05) is 0 Å². The summed E-state index contributed by atoms with van der Waals surface area (Å²) in [5.41, 5.74) is 0. The molecule has 1 N–H and O–H groups in total. The van der Waals surface area contributed by atoms with E-state index < -0.39 is 21.5 Å². The number of aliphatic hydroxyl groups excluding tert-OH is 1. The maximum atomic E-state index is 8.32. The van der Waals surface area contributed by atoms with Crippen LogP contribution in [0.1, 0.15) is 0 Å². The summed E-state index contributed by atoms with van der Waals surface area (Å²) in [7, 11) is 0. The minimum atomic E-state index is -2.15. The molecule has 0 bridgehead atoms. The first-order valence-electron chi connectivity index (χ1n) is 2.73. The van der Waals surface area contributed by atoms with Crippen molar-refractivity contribution < 1.29 is 14.2 Å². The Hall–Kier alpha value is 0.658. The van der Waals surface area contributed by atoms with E-state index in [2.05, 4.69) is 0 Å².